The van der Waals surface area contributed by atoms with Crippen molar-refractivity contribution >= 4 is 33.6 Å². The zero-order valence-corrected chi connectivity index (χ0v) is 13.6. The average molecular weight is 343 g/mol. The molecule has 1 aromatic rings. The smallest absolute Gasteiger partial charge is 0.329 e. The second-order valence-electron chi connectivity index (χ2n) is 4.98. The van der Waals surface area contributed by atoms with E-state index in [-0.39, 0.29) is 0 Å². The van der Waals surface area contributed by atoms with Crippen molar-refractivity contribution in [1.82, 2.24) is 4.90 Å². The minimum absolute atomic E-state index is 0.300. The number of aryl methyl sites for hydroxylation is 1. The van der Waals surface area contributed by atoms with Gasteiger partial charge in [0.25, 0.3) is 0 Å². The predicted octanol–water partition coefficient (Wildman–Crippen LogP) is 3.47. The number of aliphatic carboxylic acids is 1. The van der Waals surface area contributed by atoms with Crippen molar-refractivity contribution in [2.75, 3.05) is 11.9 Å². The summed E-state index contributed by atoms with van der Waals surface area (Å²) in [6.45, 7) is 6.97. The molecule has 1 rings (SSSR count). The highest BCUT2D eigenvalue weighted by Crippen LogP contribution is 2.26. The molecule has 2 amide bonds. The number of amides is 2. The summed E-state index contributed by atoms with van der Waals surface area (Å²) >= 11 is 3.41. The number of benzene rings is 1. The Balaban J connectivity index is 3.00. The van der Waals surface area contributed by atoms with Crippen LogP contribution in [0.4, 0.5) is 10.5 Å². The molecule has 0 bridgehead atoms. The topological polar surface area (TPSA) is 69.6 Å². The van der Waals surface area contributed by atoms with Gasteiger partial charge in [-0.15, -0.1) is 0 Å². The lowest BCUT2D eigenvalue weighted by molar-refractivity contribution is -0.147. The van der Waals surface area contributed by atoms with Crippen molar-refractivity contribution in [2.45, 2.75) is 33.2 Å². The van der Waals surface area contributed by atoms with Crippen LogP contribution in [0.2, 0.25) is 0 Å². The molecular weight excluding hydrogens is 324 g/mol. The van der Waals surface area contributed by atoms with Gasteiger partial charge in [-0.05, 0) is 55.3 Å². The Morgan fingerprint density at radius 3 is 2.50 bits per heavy atom. The van der Waals surface area contributed by atoms with Crippen LogP contribution in [0, 0.1) is 6.92 Å². The normalized spacial score (nSPS) is 11.1. The Morgan fingerprint density at radius 2 is 2.00 bits per heavy atom. The number of nitrogens with one attached hydrogen (secondary N) is 1. The van der Waals surface area contributed by atoms with Crippen molar-refractivity contribution in [1.29, 1.82) is 0 Å². The standard InChI is InChI=1S/C14H19BrN2O3/c1-5-17(14(3,4)12(18)19)13(20)16-10-8-6-7-9(2)11(10)15/h6-8H,5H2,1-4H3,(H,16,20)(H,18,19). The summed E-state index contributed by atoms with van der Waals surface area (Å²) in [4.78, 5) is 24.8. The van der Waals surface area contributed by atoms with Gasteiger partial charge in [-0.1, -0.05) is 12.1 Å². The van der Waals surface area contributed by atoms with Crippen molar-refractivity contribution in [3.05, 3.63) is 28.2 Å². The molecule has 20 heavy (non-hydrogen) atoms. The second-order valence-corrected chi connectivity index (χ2v) is 5.77. The first-order chi connectivity index (χ1) is 9.21. The third-order valence-electron chi connectivity index (χ3n) is 3.19. The molecule has 0 saturated heterocycles. The molecule has 2 N–H and O–H groups in total. The highest BCUT2D eigenvalue weighted by atomic mass is 79.9. The van der Waals surface area contributed by atoms with Gasteiger partial charge in [0.05, 0.1) is 5.69 Å². The molecule has 1 aromatic carbocycles. The SMILES string of the molecule is CCN(C(=O)Nc1cccc(C)c1Br)C(C)(C)C(=O)O. The molecule has 0 atom stereocenters. The van der Waals surface area contributed by atoms with Crippen LogP contribution < -0.4 is 5.32 Å². The maximum absolute atomic E-state index is 12.3. The lowest BCUT2D eigenvalue weighted by Crippen LogP contribution is -2.54. The number of urea groups is 1. The van der Waals surface area contributed by atoms with Crippen LogP contribution >= 0.6 is 15.9 Å². The van der Waals surface area contributed by atoms with Gasteiger partial charge in [0.15, 0.2) is 0 Å². The number of carbonyl (C=O) groups excluding carboxylic acids is 1. The Morgan fingerprint density at radius 1 is 1.40 bits per heavy atom. The van der Waals surface area contributed by atoms with E-state index in [4.69, 9.17) is 0 Å². The average Bonchev–Trinajstić information content (AvgIpc) is 2.35. The lowest BCUT2D eigenvalue weighted by atomic mass is 10.0. The highest BCUT2D eigenvalue weighted by Gasteiger charge is 2.37. The van der Waals surface area contributed by atoms with Gasteiger partial charge in [-0.25, -0.2) is 9.59 Å². The Hall–Kier alpha value is -1.56. The fourth-order valence-electron chi connectivity index (χ4n) is 1.83. The van der Waals surface area contributed by atoms with Crippen LogP contribution in [-0.4, -0.2) is 34.1 Å². The minimum atomic E-state index is -1.27. The molecule has 0 aromatic heterocycles. The highest BCUT2D eigenvalue weighted by molar-refractivity contribution is 9.10. The zero-order chi connectivity index (χ0) is 15.5. The summed E-state index contributed by atoms with van der Waals surface area (Å²) in [5, 5.41) is 12.0. The molecule has 0 aliphatic heterocycles. The largest absolute Gasteiger partial charge is 0.480 e. The lowest BCUT2D eigenvalue weighted by Gasteiger charge is -2.34. The summed E-state index contributed by atoms with van der Waals surface area (Å²) in [7, 11) is 0. The van der Waals surface area contributed by atoms with Crippen LogP contribution in [0.5, 0.6) is 0 Å². The number of carboxylic acid groups (broad SMARTS) is 1. The first-order valence-corrected chi connectivity index (χ1v) is 7.08. The number of likely N-dealkylation sites (N-methyl/N-ethyl adjacent to an activating group) is 1. The molecule has 0 saturated carbocycles. The first-order valence-electron chi connectivity index (χ1n) is 6.29. The van der Waals surface area contributed by atoms with E-state index < -0.39 is 17.5 Å². The van der Waals surface area contributed by atoms with Crippen molar-refractivity contribution in [3.8, 4) is 0 Å². The van der Waals surface area contributed by atoms with E-state index in [1.165, 1.54) is 18.7 Å². The van der Waals surface area contributed by atoms with Gasteiger partial charge < -0.3 is 15.3 Å². The maximum atomic E-state index is 12.3. The minimum Gasteiger partial charge on any atom is -0.480 e. The third kappa shape index (κ3) is 3.30. The zero-order valence-electron chi connectivity index (χ0n) is 12.0. The van der Waals surface area contributed by atoms with E-state index in [1.807, 2.05) is 19.1 Å². The van der Waals surface area contributed by atoms with E-state index >= 15 is 0 Å². The summed E-state index contributed by atoms with van der Waals surface area (Å²) in [5.41, 5.74) is 0.341. The van der Waals surface area contributed by atoms with Crippen molar-refractivity contribution < 1.29 is 14.7 Å². The van der Waals surface area contributed by atoms with E-state index in [2.05, 4.69) is 21.2 Å². The fraction of sp³-hybridized carbons (Fsp3) is 0.429. The Labute approximate surface area is 127 Å². The predicted molar refractivity (Wildman–Crippen MR) is 82.0 cm³/mol. The Kier molecular flexibility index (Phi) is 5.16. The number of rotatable bonds is 4. The van der Waals surface area contributed by atoms with Crippen molar-refractivity contribution in [2.24, 2.45) is 0 Å². The molecule has 0 fully saturated rings. The number of halogens is 1. The number of carbonyl (C=O) groups is 2. The van der Waals surface area contributed by atoms with Gasteiger partial charge in [0.2, 0.25) is 0 Å². The van der Waals surface area contributed by atoms with Crippen LogP contribution in [-0.2, 0) is 4.79 Å². The summed E-state index contributed by atoms with van der Waals surface area (Å²) < 4.78 is 0.789. The van der Waals surface area contributed by atoms with Crippen LogP contribution in [0.15, 0.2) is 22.7 Å². The van der Waals surface area contributed by atoms with Crippen LogP contribution in [0.3, 0.4) is 0 Å². The van der Waals surface area contributed by atoms with Gasteiger partial charge in [0.1, 0.15) is 5.54 Å². The molecular formula is C14H19BrN2O3. The molecule has 0 aliphatic rings. The number of nitrogens with zero attached hydrogens (tertiary/aromatic N) is 1. The van der Waals surface area contributed by atoms with Crippen LogP contribution in [0.1, 0.15) is 26.3 Å². The number of hydrogen-bond donors (Lipinski definition) is 2. The van der Waals surface area contributed by atoms with E-state index in [0.29, 0.717) is 12.2 Å². The molecule has 0 heterocycles. The molecule has 6 heteroatoms. The quantitative estimate of drug-likeness (QED) is 0.879. The molecule has 0 aliphatic carbocycles. The second kappa shape index (κ2) is 6.26. The van der Waals surface area contributed by atoms with Gasteiger partial charge >= 0.3 is 12.0 Å². The molecule has 0 spiro atoms. The maximum Gasteiger partial charge on any atom is 0.329 e. The number of anilines is 1. The summed E-state index contributed by atoms with van der Waals surface area (Å²) in [6, 6.07) is 5.06. The number of hydrogen-bond acceptors (Lipinski definition) is 2. The van der Waals surface area contributed by atoms with Crippen molar-refractivity contribution in [3.63, 3.8) is 0 Å². The monoisotopic (exact) mass is 342 g/mol. The van der Waals surface area contributed by atoms with E-state index in [1.54, 1.807) is 13.0 Å². The Bertz CT molecular complexity index is 529. The molecule has 110 valence electrons. The summed E-state index contributed by atoms with van der Waals surface area (Å²) in [6.07, 6.45) is 0. The van der Waals surface area contributed by atoms with Gasteiger partial charge in [-0.2, -0.15) is 0 Å². The van der Waals surface area contributed by atoms with Gasteiger partial charge in [0, 0.05) is 11.0 Å². The molecule has 0 radical (unpaired) electrons. The number of carboxylic acids is 1. The fourth-order valence-corrected chi connectivity index (χ4v) is 2.20. The van der Waals surface area contributed by atoms with Crippen LogP contribution in [0.25, 0.3) is 0 Å². The third-order valence-corrected chi connectivity index (χ3v) is 4.25. The van der Waals surface area contributed by atoms with E-state index in [9.17, 15) is 14.7 Å². The first kappa shape index (κ1) is 16.5. The van der Waals surface area contributed by atoms with E-state index in [0.717, 1.165) is 10.0 Å². The molecule has 5 nitrogen and oxygen atoms in total. The summed E-state index contributed by atoms with van der Waals surface area (Å²) in [5.74, 6) is -1.04. The molecule has 0 unspecified atom stereocenters. The van der Waals surface area contributed by atoms with Gasteiger partial charge in [-0.3, -0.25) is 0 Å².